The largest absolute Gasteiger partial charge is 0.508 e. The van der Waals surface area contributed by atoms with Crippen molar-refractivity contribution < 1.29 is 79.2 Å². The zero-order valence-electron chi connectivity index (χ0n) is 49.6. The van der Waals surface area contributed by atoms with Gasteiger partial charge in [0.2, 0.25) is 23.4 Å². The van der Waals surface area contributed by atoms with Crippen molar-refractivity contribution in [3.05, 3.63) is 68.2 Å². The number of aliphatic hydroxyl groups is 6. The van der Waals surface area contributed by atoms with E-state index in [1.807, 2.05) is 41.5 Å². The van der Waals surface area contributed by atoms with Gasteiger partial charge in [-0.25, -0.2) is 0 Å². The molecule has 2 aromatic rings. The number of carbonyl (C=O) groups excluding carboxylic acids is 8. The number of rotatable bonds is 12. The predicted molar refractivity (Wildman–Crippen MR) is 310 cm³/mol. The number of hydrogen-bond acceptors (Lipinski definition) is 22. The molecule has 0 unspecified atom stereocenters. The highest BCUT2D eigenvalue weighted by atomic mass is 16.4. The molecule has 2 aromatic carbocycles. The summed E-state index contributed by atoms with van der Waals surface area (Å²) in [4.78, 5) is 111. The number of carbonyl (C=O) groups is 8. The molecular formula is C58H78N10O16. The third-order valence-electron chi connectivity index (χ3n) is 16.5. The Kier molecular flexibility index (Phi) is 16.9. The molecule has 8 atom stereocenters. The van der Waals surface area contributed by atoms with Crippen LogP contribution in [0, 0.1) is 23.7 Å². The summed E-state index contributed by atoms with van der Waals surface area (Å²) in [6.07, 6.45) is 0.234. The summed E-state index contributed by atoms with van der Waals surface area (Å²) in [5, 5.41) is 103. The van der Waals surface area contributed by atoms with Gasteiger partial charge in [0, 0.05) is 73.6 Å². The number of anilines is 4. The standard InChI is InChI=1S/2C29H39N5O8/c2*1-28(2,3)31-11-17(35)32-15-10-16(33(4)5)13-8-12-9-14-21(34(6)7)24(38)20(27(30)41)26(40)29(14,42)25(39)18(12)23(37)19(13)22(15)36/h2*10,12,14,21,31,36-37,40,42H,8-9,11H2,1-7H3,(H2,30,41)(H,32,35)/t2*12-,14-,21-,29-/m00/s1. The van der Waals surface area contributed by atoms with Crippen LogP contribution in [-0.2, 0) is 51.2 Å². The number of aliphatic hydroxyl groups excluding tert-OH is 4. The van der Waals surface area contributed by atoms with Gasteiger partial charge < -0.3 is 83.4 Å². The zero-order valence-corrected chi connectivity index (χ0v) is 49.6. The highest BCUT2D eigenvalue weighted by Crippen LogP contribution is 2.57. The Bertz CT molecular complexity index is 3130. The molecule has 0 aromatic heterocycles. The monoisotopic (exact) mass is 1170 g/mol. The minimum absolute atomic E-state index is 0.00158. The van der Waals surface area contributed by atoms with Crippen LogP contribution in [0.3, 0.4) is 0 Å². The quantitative estimate of drug-likeness (QED) is 0.103. The number of nitrogens with one attached hydrogen (secondary N) is 4. The fraction of sp³-hybridized carbons (Fsp3) is 0.517. The van der Waals surface area contributed by atoms with Gasteiger partial charge in [-0.1, -0.05) is 0 Å². The van der Waals surface area contributed by atoms with E-state index in [1.54, 1.807) is 78.3 Å². The van der Waals surface area contributed by atoms with E-state index >= 15 is 0 Å². The molecule has 2 fully saturated rings. The summed E-state index contributed by atoms with van der Waals surface area (Å²) in [5.74, 6) is -15.6. The number of likely N-dealkylation sites (N-methyl/N-ethyl adjacent to an activating group) is 2. The van der Waals surface area contributed by atoms with Crippen molar-refractivity contribution in [2.24, 2.45) is 35.1 Å². The number of primary amides is 2. The van der Waals surface area contributed by atoms with Crippen LogP contribution in [0.1, 0.15) is 76.6 Å². The number of nitrogens with zero attached hydrogens (tertiary/aromatic N) is 4. The molecule has 84 heavy (non-hydrogen) atoms. The van der Waals surface area contributed by atoms with Crippen LogP contribution in [0.15, 0.2) is 45.9 Å². The summed E-state index contributed by atoms with van der Waals surface area (Å²) >= 11 is 0. The zero-order chi connectivity index (χ0) is 63.3. The Labute approximate surface area is 485 Å². The first-order chi connectivity index (χ1) is 38.6. The van der Waals surface area contributed by atoms with Gasteiger partial charge in [-0.05, 0) is 131 Å². The number of Topliss-reactive ketones (excluding diaryl/α,β-unsaturated/α-hetero) is 4. The van der Waals surface area contributed by atoms with Crippen molar-refractivity contribution >= 4 is 81.0 Å². The van der Waals surface area contributed by atoms with Crippen LogP contribution in [0.5, 0.6) is 11.5 Å². The van der Waals surface area contributed by atoms with Crippen LogP contribution < -0.4 is 42.5 Å². The molecule has 0 bridgehead atoms. The molecule has 0 heterocycles. The first kappa shape index (κ1) is 63.7. The van der Waals surface area contributed by atoms with E-state index in [9.17, 15) is 79.2 Å². The van der Waals surface area contributed by atoms with Crippen molar-refractivity contribution in [2.45, 2.75) is 102 Å². The van der Waals surface area contributed by atoms with E-state index in [1.165, 1.54) is 9.80 Å². The van der Waals surface area contributed by atoms with Crippen molar-refractivity contribution in [2.75, 3.05) is 89.9 Å². The molecule has 8 rings (SSSR count). The van der Waals surface area contributed by atoms with E-state index in [2.05, 4.69) is 21.3 Å². The van der Waals surface area contributed by atoms with Crippen LogP contribution in [0.2, 0.25) is 0 Å². The van der Waals surface area contributed by atoms with E-state index < -0.39 is 139 Å². The average molecular weight is 1170 g/mol. The number of ketones is 4. The molecule has 0 spiro atoms. The average Bonchev–Trinajstić information content (AvgIpc) is 0.732. The highest BCUT2D eigenvalue weighted by Gasteiger charge is 2.66. The molecule has 16 N–H and O–H groups in total. The number of phenols is 2. The lowest BCUT2D eigenvalue weighted by Gasteiger charge is -2.50. The van der Waals surface area contributed by atoms with E-state index in [0.29, 0.717) is 22.5 Å². The van der Waals surface area contributed by atoms with Crippen LogP contribution in [0.25, 0.3) is 11.5 Å². The fourth-order valence-electron chi connectivity index (χ4n) is 12.7. The van der Waals surface area contributed by atoms with Gasteiger partial charge in [-0.3, -0.25) is 48.2 Å². The number of hydrogen-bond donors (Lipinski definition) is 14. The number of amides is 4. The van der Waals surface area contributed by atoms with Crippen LogP contribution in [-0.4, -0.2) is 201 Å². The Morgan fingerprint density at radius 1 is 0.560 bits per heavy atom. The van der Waals surface area contributed by atoms with Crippen molar-refractivity contribution in [1.29, 1.82) is 0 Å². The maximum absolute atomic E-state index is 14.0. The molecular weight excluding hydrogens is 1090 g/mol. The molecule has 6 aliphatic carbocycles. The summed E-state index contributed by atoms with van der Waals surface area (Å²) in [7, 11) is 13.2. The molecule has 6 aliphatic rings. The van der Waals surface area contributed by atoms with Crippen molar-refractivity contribution in [3.63, 3.8) is 0 Å². The van der Waals surface area contributed by atoms with E-state index in [-0.39, 0.29) is 83.5 Å². The molecule has 456 valence electrons. The van der Waals surface area contributed by atoms with Crippen molar-refractivity contribution in [1.82, 2.24) is 20.4 Å². The highest BCUT2D eigenvalue weighted by molar-refractivity contribution is 6.26. The van der Waals surface area contributed by atoms with Crippen molar-refractivity contribution in [3.8, 4) is 11.5 Å². The number of phenolic OH excluding ortho intramolecular Hbond substituents is 2. The van der Waals surface area contributed by atoms with Gasteiger partial charge in [0.25, 0.3) is 11.8 Å². The summed E-state index contributed by atoms with van der Waals surface area (Å²) < 4.78 is 0. The topological polar surface area (TPSA) is 412 Å². The first-order valence-electron chi connectivity index (χ1n) is 27.2. The fourth-order valence-corrected chi connectivity index (χ4v) is 12.7. The minimum atomic E-state index is -2.73. The molecule has 0 radical (unpaired) electrons. The van der Waals surface area contributed by atoms with Gasteiger partial charge in [0.1, 0.15) is 45.7 Å². The molecule has 0 aliphatic heterocycles. The Morgan fingerprint density at radius 2 is 0.869 bits per heavy atom. The van der Waals surface area contributed by atoms with Gasteiger partial charge in [0.05, 0.1) is 47.7 Å². The number of nitrogens with two attached hydrogens (primary N) is 2. The molecule has 2 saturated carbocycles. The summed E-state index contributed by atoms with van der Waals surface area (Å²) in [6.45, 7) is 11.2. The second kappa shape index (κ2) is 22.3. The van der Waals surface area contributed by atoms with E-state index in [4.69, 9.17) is 11.5 Å². The number of aromatic hydroxyl groups is 2. The molecule has 4 amide bonds. The normalized spacial score (nSPS) is 25.7. The smallest absolute Gasteiger partial charge is 0.255 e. The van der Waals surface area contributed by atoms with Crippen LogP contribution >= 0.6 is 0 Å². The van der Waals surface area contributed by atoms with Gasteiger partial charge in [0.15, 0.2) is 22.8 Å². The third-order valence-corrected chi connectivity index (χ3v) is 16.5. The predicted octanol–water partition coefficient (Wildman–Crippen LogP) is 0.713. The van der Waals surface area contributed by atoms with Gasteiger partial charge in [-0.2, -0.15) is 0 Å². The second-order valence-corrected chi connectivity index (χ2v) is 25.3. The second-order valence-electron chi connectivity index (χ2n) is 25.3. The van der Waals surface area contributed by atoms with Gasteiger partial charge >= 0.3 is 0 Å². The van der Waals surface area contributed by atoms with Crippen LogP contribution in [0.4, 0.5) is 22.7 Å². The Hall–Kier alpha value is -7.88. The Balaban J connectivity index is 0.000000241. The minimum Gasteiger partial charge on any atom is -0.508 e. The van der Waals surface area contributed by atoms with Gasteiger partial charge in [-0.15, -0.1) is 0 Å². The lowest BCUT2D eigenvalue weighted by atomic mass is 9.57. The number of benzene rings is 2. The number of fused-ring (bicyclic) bond motifs is 6. The molecule has 0 saturated heterocycles. The summed E-state index contributed by atoms with van der Waals surface area (Å²) in [6, 6.07) is 0.818. The maximum Gasteiger partial charge on any atom is 0.255 e. The lowest BCUT2D eigenvalue weighted by molar-refractivity contribution is -0.155. The molecule has 26 heteroatoms. The lowest BCUT2D eigenvalue weighted by Crippen LogP contribution is -2.65. The Morgan fingerprint density at radius 3 is 1.13 bits per heavy atom. The maximum atomic E-state index is 14.0. The third kappa shape index (κ3) is 10.7. The molecule has 26 nitrogen and oxygen atoms in total. The summed E-state index contributed by atoms with van der Waals surface area (Å²) in [5.41, 5.74) is 4.23. The first-order valence-corrected chi connectivity index (χ1v) is 27.2. The van der Waals surface area contributed by atoms with E-state index in [0.717, 1.165) is 0 Å². The SMILES string of the molecule is CN(C)c1cc(NC(=O)CNC(C)(C)C)c(O)c2c1C[C@H]1C[C@H]3[C@H](N(C)C)C(=O)C(C(N)=O)=C(O)[C@@]3(O)C(=O)C1=C2O.CN(C)c1cc(NC(=O)CNC(C)(C)C)c(O)c2c1C[C@H]1C[C@H]3[C@H](N(C)C)C(=O)C(C(N)=O)=C(O)[C@@]3(O)C(=O)C1=C2O.